The number of aryl methyl sites for hydroxylation is 2. The van der Waals surface area contributed by atoms with Crippen LogP contribution in [-0.2, 0) is 17.6 Å². The van der Waals surface area contributed by atoms with Gasteiger partial charge < -0.3 is 5.11 Å². The Balaban J connectivity index is 0.000000314. The number of likely N-dealkylation sites (N-methyl/N-ethyl adjacent to an activating group) is 1. The highest BCUT2D eigenvalue weighted by Crippen LogP contribution is 2.25. The molecule has 0 amide bonds. The first kappa shape index (κ1) is 23.2. The zero-order chi connectivity index (χ0) is 20.6. The SMILES string of the molecule is CCc1ccc(-c2ccccc2F)cc1CC.CN(C)[C@@](C)(CS)C(=O)O. The van der Waals surface area contributed by atoms with Crippen molar-refractivity contribution in [3.63, 3.8) is 0 Å². The zero-order valence-electron chi connectivity index (χ0n) is 16.8. The maximum atomic E-state index is 13.7. The van der Waals surface area contributed by atoms with Gasteiger partial charge in [-0.15, -0.1) is 0 Å². The van der Waals surface area contributed by atoms with Crippen LogP contribution in [0.3, 0.4) is 0 Å². The number of rotatable bonds is 6. The average molecular weight is 392 g/mol. The molecule has 0 aliphatic rings. The molecule has 0 aliphatic heterocycles. The highest BCUT2D eigenvalue weighted by molar-refractivity contribution is 7.80. The van der Waals surface area contributed by atoms with Gasteiger partial charge in [-0.25, -0.2) is 4.39 Å². The molecule has 0 saturated heterocycles. The number of nitrogens with zero attached hydrogens (tertiary/aromatic N) is 1. The summed E-state index contributed by atoms with van der Waals surface area (Å²) in [6, 6.07) is 13.2. The van der Waals surface area contributed by atoms with Crippen LogP contribution in [0.5, 0.6) is 0 Å². The molecular weight excluding hydrogens is 361 g/mol. The molecule has 1 atom stereocenters. The lowest BCUT2D eigenvalue weighted by molar-refractivity contribution is -0.147. The normalized spacial score (nSPS) is 12.9. The van der Waals surface area contributed by atoms with Crippen LogP contribution in [0.1, 0.15) is 31.9 Å². The summed E-state index contributed by atoms with van der Waals surface area (Å²) in [5, 5.41) is 8.71. The third kappa shape index (κ3) is 5.81. The highest BCUT2D eigenvalue weighted by atomic mass is 32.1. The molecule has 1 N–H and O–H groups in total. The van der Waals surface area contributed by atoms with Crippen LogP contribution in [-0.4, -0.2) is 41.4 Å². The van der Waals surface area contributed by atoms with Crippen molar-refractivity contribution in [1.82, 2.24) is 4.90 Å². The van der Waals surface area contributed by atoms with Gasteiger partial charge in [-0.1, -0.05) is 50.2 Å². The molecule has 0 radical (unpaired) electrons. The molecule has 2 aromatic carbocycles. The van der Waals surface area contributed by atoms with Crippen molar-refractivity contribution in [3.8, 4) is 11.1 Å². The van der Waals surface area contributed by atoms with E-state index >= 15 is 0 Å². The Labute approximate surface area is 167 Å². The monoisotopic (exact) mass is 391 g/mol. The predicted molar refractivity (Wildman–Crippen MR) is 114 cm³/mol. The zero-order valence-corrected chi connectivity index (χ0v) is 17.7. The molecule has 5 heteroatoms. The quantitative estimate of drug-likeness (QED) is 0.686. The maximum Gasteiger partial charge on any atom is 0.324 e. The second kappa shape index (κ2) is 10.5. The number of carboxylic acid groups (broad SMARTS) is 1. The Kier molecular flexibility index (Phi) is 9.00. The Bertz CT molecular complexity index is 764. The maximum absolute atomic E-state index is 13.7. The fourth-order valence-corrected chi connectivity index (χ4v) is 2.98. The lowest BCUT2D eigenvalue weighted by Crippen LogP contribution is -2.50. The first-order chi connectivity index (χ1) is 12.7. The molecule has 0 spiro atoms. The van der Waals surface area contributed by atoms with Gasteiger partial charge in [-0.3, -0.25) is 9.69 Å². The molecule has 0 aliphatic carbocycles. The molecule has 0 aromatic heterocycles. The summed E-state index contributed by atoms with van der Waals surface area (Å²) in [5.41, 5.74) is 3.48. The van der Waals surface area contributed by atoms with Crippen molar-refractivity contribution < 1.29 is 14.3 Å². The number of carbonyl (C=O) groups is 1. The summed E-state index contributed by atoms with van der Waals surface area (Å²) in [5.74, 6) is -0.679. The van der Waals surface area contributed by atoms with E-state index in [0.717, 1.165) is 18.4 Å². The van der Waals surface area contributed by atoms with E-state index < -0.39 is 11.5 Å². The summed E-state index contributed by atoms with van der Waals surface area (Å²) in [6.07, 6.45) is 2.02. The van der Waals surface area contributed by atoms with Crippen LogP contribution in [0.2, 0.25) is 0 Å². The first-order valence-corrected chi connectivity index (χ1v) is 9.72. The van der Waals surface area contributed by atoms with Crippen LogP contribution in [0.4, 0.5) is 4.39 Å². The number of hydrogen-bond donors (Lipinski definition) is 2. The summed E-state index contributed by atoms with van der Waals surface area (Å²) < 4.78 is 13.7. The van der Waals surface area contributed by atoms with Crippen LogP contribution in [0.25, 0.3) is 11.1 Å². The second-order valence-corrected chi connectivity index (χ2v) is 7.12. The fraction of sp³-hybridized carbons (Fsp3) is 0.409. The second-order valence-electron chi connectivity index (χ2n) is 6.80. The van der Waals surface area contributed by atoms with Crippen LogP contribution < -0.4 is 0 Å². The van der Waals surface area contributed by atoms with Gasteiger partial charge in [0, 0.05) is 11.3 Å². The molecule has 0 saturated carbocycles. The van der Waals surface area contributed by atoms with Crippen molar-refractivity contribution in [2.45, 2.75) is 39.2 Å². The molecule has 0 fully saturated rings. The van der Waals surface area contributed by atoms with Crippen LogP contribution >= 0.6 is 12.6 Å². The molecule has 2 rings (SSSR count). The van der Waals surface area contributed by atoms with Gasteiger partial charge in [-0.05, 0) is 56.6 Å². The molecule has 27 heavy (non-hydrogen) atoms. The molecule has 3 nitrogen and oxygen atoms in total. The van der Waals surface area contributed by atoms with Gasteiger partial charge in [0.2, 0.25) is 0 Å². The van der Waals surface area contributed by atoms with Crippen molar-refractivity contribution in [1.29, 1.82) is 0 Å². The summed E-state index contributed by atoms with van der Waals surface area (Å²) in [4.78, 5) is 12.2. The van der Waals surface area contributed by atoms with Gasteiger partial charge in [0.25, 0.3) is 0 Å². The number of carboxylic acids is 1. The minimum Gasteiger partial charge on any atom is -0.480 e. The third-order valence-corrected chi connectivity index (χ3v) is 5.52. The molecule has 148 valence electrons. The van der Waals surface area contributed by atoms with Crippen molar-refractivity contribution in [2.24, 2.45) is 0 Å². The van der Waals surface area contributed by atoms with Crippen LogP contribution in [0, 0.1) is 5.82 Å². The Morgan fingerprint density at radius 3 is 2.11 bits per heavy atom. The minimum absolute atomic E-state index is 0.154. The number of hydrogen-bond acceptors (Lipinski definition) is 3. The fourth-order valence-electron chi connectivity index (χ4n) is 2.56. The summed E-state index contributed by atoms with van der Waals surface area (Å²) in [6.45, 7) is 5.93. The Morgan fingerprint density at radius 2 is 1.70 bits per heavy atom. The Morgan fingerprint density at radius 1 is 1.11 bits per heavy atom. The van der Waals surface area contributed by atoms with E-state index in [-0.39, 0.29) is 5.82 Å². The largest absolute Gasteiger partial charge is 0.480 e. The Hall–Kier alpha value is -1.85. The van der Waals surface area contributed by atoms with E-state index in [1.165, 1.54) is 17.2 Å². The number of benzene rings is 2. The summed E-state index contributed by atoms with van der Waals surface area (Å²) >= 11 is 3.96. The first-order valence-electron chi connectivity index (χ1n) is 9.09. The van der Waals surface area contributed by atoms with E-state index in [0.29, 0.717) is 11.3 Å². The number of halogens is 1. The van der Waals surface area contributed by atoms with Crippen molar-refractivity contribution in [2.75, 3.05) is 19.8 Å². The summed E-state index contributed by atoms with van der Waals surface area (Å²) in [7, 11) is 3.45. The van der Waals surface area contributed by atoms with E-state index in [1.54, 1.807) is 32.0 Å². The van der Waals surface area contributed by atoms with E-state index in [4.69, 9.17) is 5.11 Å². The lowest BCUT2D eigenvalue weighted by atomic mass is 9.96. The van der Waals surface area contributed by atoms with E-state index in [1.807, 2.05) is 18.2 Å². The number of thiol groups is 1. The highest BCUT2D eigenvalue weighted by Gasteiger charge is 2.33. The molecular formula is C22H30FNO2S. The third-order valence-electron chi connectivity index (χ3n) is 4.91. The molecule has 2 aromatic rings. The molecule has 0 heterocycles. The average Bonchev–Trinajstić information content (AvgIpc) is 2.67. The number of aliphatic carboxylic acids is 1. The van der Waals surface area contributed by atoms with E-state index in [2.05, 4.69) is 38.6 Å². The predicted octanol–water partition coefficient (Wildman–Crippen LogP) is 4.94. The van der Waals surface area contributed by atoms with Gasteiger partial charge >= 0.3 is 5.97 Å². The smallest absolute Gasteiger partial charge is 0.324 e. The lowest BCUT2D eigenvalue weighted by Gasteiger charge is -2.29. The van der Waals surface area contributed by atoms with E-state index in [9.17, 15) is 9.18 Å². The van der Waals surface area contributed by atoms with Gasteiger partial charge in [0.15, 0.2) is 0 Å². The van der Waals surface area contributed by atoms with Crippen molar-refractivity contribution in [3.05, 3.63) is 59.4 Å². The molecule has 0 bridgehead atoms. The van der Waals surface area contributed by atoms with Crippen molar-refractivity contribution >= 4 is 18.6 Å². The topological polar surface area (TPSA) is 40.5 Å². The van der Waals surface area contributed by atoms with Gasteiger partial charge in [0.1, 0.15) is 11.4 Å². The molecule has 0 unspecified atom stereocenters. The minimum atomic E-state index is -0.844. The van der Waals surface area contributed by atoms with Gasteiger partial charge in [0.05, 0.1) is 0 Å². The van der Waals surface area contributed by atoms with Crippen LogP contribution in [0.15, 0.2) is 42.5 Å². The van der Waals surface area contributed by atoms with Gasteiger partial charge in [-0.2, -0.15) is 12.6 Å². The standard InChI is InChI=1S/C16H17F.C6H13NO2S/c1-3-12-9-10-14(11-13(12)4-2)15-7-5-6-8-16(15)17;1-6(4-10,5(8)9)7(2)3/h5-11H,3-4H2,1-2H3;10H,4H2,1-3H3,(H,8,9)/t;6-/m.0/s1.